The van der Waals surface area contributed by atoms with E-state index in [0.29, 0.717) is 29.5 Å². The Labute approximate surface area is 109 Å². The van der Waals surface area contributed by atoms with Crippen LogP contribution in [-0.4, -0.2) is 18.4 Å². The molecule has 3 nitrogen and oxygen atoms in total. The number of carbonyl (C=O) groups is 2. The minimum Gasteiger partial charge on any atom is -0.462 e. The summed E-state index contributed by atoms with van der Waals surface area (Å²) < 4.78 is 4.91. The number of benzene rings is 1. The van der Waals surface area contributed by atoms with E-state index in [1.54, 1.807) is 25.1 Å². The second-order valence-corrected chi connectivity index (χ2v) is 4.06. The first-order valence-corrected chi connectivity index (χ1v) is 6.65. The molecule has 0 aliphatic carbocycles. The summed E-state index contributed by atoms with van der Waals surface area (Å²) in [6, 6.07) is 5.03. The third-order valence-electron chi connectivity index (χ3n) is 2.38. The van der Waals surface area contributed by atoms with Gasteiger partial charge >= 0.3 is 5.97 Å². The first-order valence-electron chi connectivity index (χ1n) is 5.53. The molecule has 0 spiro atoms. The van der Waals surface area contributed by atoms with Crippen molar-refractivity contribution >= 4 is 27.7 Å². The summed E-state index contributed by atoms with van der Waals surface area (Å²) in [7, 11) is 0. The first kappa shape index (κ1) is 13.9. The third-order valence-corrected chi connectivity index (χ3v) is 2.99. The molecule has 0 aromatic heterocycles. The first-order chi connectivity index (χ1) is 8.13. The molecule has 1 aromatic carbocycles. The lowest BCUT2D eigenvalue weighted by molar-refractivity contribution is 0.0526. The van der Waals surface area contributed by atoms with Gasteiger partial charge in [0.25, 0.3) is 0 Å². The Morgan fingerprint density at radius 2 is 2.00 bits per heavy atom. The van der Waals surface area contributed by atoms with Gasteiger partial charge < -0.3 is 4.74 Å². The fourth-order valence-corrected chi connectivity index (χ4v) is 1.97. The normalized spacial score (nSPS) is 10.1. The van der Waals surface area contributed by atoms with E-state index in [9.17, 15) is 9.59 Å². The maximum atomic E-state index is 11.7. The molecule has 0 fully saturated rings. The molecular formula is C13H15BrO3. The molecule has 1 rings (SSSR count). The van der Waals surface area contributed by atoms with Gasteiger partial charge in [0.15, 0.2) is 5.78 Å². The quantitative estimate of drug-likeness (QED) is 0.476. The van der Waals surface area contributed by atoms with Gasteiger partial charge in [-0.25, -0.2) is 4.79 Å². The molecule has 0 aliphatic rings. The SMILES string of the molecule is CCOC(=O)c1ccc(C(=O)CC)c(CBr)c1. The van der Waals surface area contributed by atoms with E-state index in [4.69, 9.17) is 4.74 Å². The van der Waals surface area contributed by atoms with Gasteiger partial charge in [0.05, 0.1) is 12.2 Å². The summed E-state index contributed by atoms with van der Waals surface area (Å²) in [4.78, 5) is 23.2. The largest absolute Gasteiger partial charge is 0.462 e. The van der Waals surface area contributed by atoms with Gasteiger partial charge in [-0.3, -0.25) is 4.79 Å². The van der Waals surface area contributed by atoms with Gasteiger partial charge in [-0.2, -0.15) is 0 Å². The second-order valence-electron chi connectivity index (χ2n) is 3.50. The van der Waals surface area contributed by atoms with Crippen molar-refractivity contribution in [2.45, 2.75) is 25.6 Å². The van der Waals surface area contributed by atoms with Crippen LogP contribution in [0.25, 0.3) is 0 Å². The van der Waals surface area contributed by atoms with Crippen LogP contribution in [-0.2, 0) is 10.1 Å². The highest BCUT2D eigenvalue weighted by molar-refractivity contribution is 9.08. The van der Waals surface area contributed by atoms with Crippen molar-refractivity contribution < 1.29 is 14.3 Å². The van der Waals surface area contributed by atoms with Crippen LogP contribution in [0.15, 0.2) is 18.2 Å². The van der Waals surface area contributed by atoms with Gasteiger partial charge in [0.2, 0.25) is 0 Å². The second kappa shape index (κ2) is 6.55. The van der Waals surface area contributed by atoms with Gasteiger partial charge in [0, 0.05) is 17.3 Å². The van der Waals surface area contributed by atoms with Crippen molar-refractivity contribution in [2.24, 2.45) is 0 Å². The molecule has 92 valence electrons. The maximum Gasteiger partial charge on any atom is 0.338 e. The number of ether oxygens (including phenoxy) is 1. The van der Waals surface area contributed by atoms with Crippen LogP contribution >= 0.6 is 15.9 Å². The van der Waals surface area contributed by atoms with Crippen molar-refractivity contribution in [3.63, 3.8) is 0 Å². The van der Waals surface area contributed by atoms with E-state index in [1.165, 1.54) is 0 Å². The fraction of sp³-hybridized carbons (Fsp3) is 0.385. The number of hydrogen-bond donors (Lipinski definition) is 0. The number of hydrogen-bond acceptors (Lipinski definition) is 3. The number of alkyl halides is 1. The predicted molar refractivity (Wildman–Crippen MR) is 69.7 cm³/mol. The van der Waals surface area contributed by atoms with Gasteiger partial charge in [-0.05, 0) is 24.6 Å². The highest BCUT2D eigenvalue weighted by Gasteiger charge is 2.13. The fourth-order valence-electron chi connectivity index (χ4n) is 1.51. The van der Waals surface area contributed by atoms with E-state index in [2.05, 4.69) is 15.9 Å². The molecule has 1 aromatic rings. The molecule has 0 radical (unpaired) electrons. The molecule has 0 aliphatic heterocycles. The van der Waals surface area contributed by atoms with Crippen molar-refractivity contribution in [3.05, 3.63) is 34.9 Å². The summed E-state index contributed by atoms with van der Waals surface area (Å²) in [6.45, 7) is 3.93. The van der Waals surface area contributed by atoms with E-state index in [-0.39, 0.29) is 11.8 Å². The minimum absolute atomic E-state index is 0.0786. The standard InChI is InChI=1S/C13H15BrO3/c1-3-12(15)11-6-5-9(7-10(11)8-14)13(16)17-4-2/h5-7H,3-4,8H2,1-2H3. The zero-order valence-corrected chi connectivity index (χ0v) is 11.5. The van der Waals surface area contributed by atoms with Gasteiger partial charge in [0.1, 0.15) is 0 Å². The molecule has 0 bridgehead atoms. The van der Waals surface area contributed by atoms with Crippen molar-refractivity contribution in [3.8, 4) is 0 Å². The number of ketones is 1. The molecule has 0 saturated heterocycles. The number of esters is 1. The monoisotopic (exact) mass is 298 g/mol. The van der Waals surface area contributed by atoms with Crippen LogP contribution in [0.5, 0.6) is 0 Å². The van der Waals surface area contributed by atoms with Crippen LogP contribution in [0.4, 0.5) is 0 Å². The topological polar surface area (TPSA) is 43.4 Å². The Hall–Kier alpha value is -1.16. The summed E-state index contributed by atoms with van der Waals surface area (Å²) in [5.74, 6) is -0.278. The van der Waals surface area contributed by atoms with Crippen LogP contribution in [0.1, 0.15) is 46.5 Å². The van der Waals surface area contributed by atoms with E-state index < -0.39 is 0 Å². The Bertz CT molecular complexity index is 427. The summed E-state index contributed by atoms with van der Waals surface area (Å²) >= 11 is 3.32. The molecule has 4 heteroatoms. The zero-order valence-electron chi connectivity index (χ0n) is 9.96. The maximum absolute atomic E-state index is 11.7. The molecule has 0 N–H and O–H groups in total. The third kappa shape index (κ3) is 3.40. The van der Waals surface area contributed by atoms with E-state index in [1.807, 2.05) is 6.92 Å². The van der Waals surface area contributed by atoms with Gasteiger partial charge in [-0.1, -0.05) is 28.9 Å². The van der Waals surface area contributed by atoms with Crippen LogP contribution in [0.3, 0.4) is 0 Å². The average molecular weight is 299 g/mol. The molecule has 0 unspecified atom stereocenters. The van der Waals surface area contributed by atoms with Crippen molar-refractivity contribution in [1.29, 1.82) is 0 Å². The predicted octanol–water partition coefficient (Wildman–Crippen LogP) is 3.35. The molecule has 0 atom stereocenters. The summed E-state index contributed by atoms with van der Waals surface area (Å²) in [6.07, 6.45) is 0.457. The van der Waals surface area contributed by atoms with Crippen molar-refractivity contribution in [2.75, 3.05) is 6.61 Å². The molecule has 0 saturated carbocycles. The van der Waals surface area contributed by atoms with Crippen molar-refractivity contribution in [1.82, 2.24) is 0 Å². The molecule has 0 amide bonds. The minimum atomic E-state index is -0.356. The number of Topliss-reactive ketones (excluding diaryl/α,β-unsaturated/α-hetero) is 1. The number of halogens is 1. The smallest absolute Gasteiger partial charge is 0.338 e. The number of rotatable bonds is 5. The Balaban J connectivity index is 3.08. The number of carbonyl (C=O) groups excluding carboxylic acids is 2. The van der Waals surface area contributed by atoms with Gasteiger partial charge in [-0.15, -0.1) is 0 Å². The molecule has 17 heavy (non-hydrogen) atoms. The Morgan fingerprint density at radius 3 is 2.53 bits per heavy atom. The zero-order chi connectivity index (χ0) is 12.8. The van der Waals surface area contributed by atoms with Crippen LogP contribution in [0, 0.1) is 0 Å². The highest BCUT2D eigenvalue weighted by Crippen LogP contribution is 2.17. The lowest BCUT2D eigenvalue weighted by Gasteiger charge is -2.08. The molecular weight excluding hydrogens is 284 g/mol. The lowest BCUT2D eigenvalue weighted by atomic mass is 10.0. The van der Waals surface area contributed by atoms with E-state index >= 15 is 0 Å². The Morgan fingerprint density at radius 1 is 1.29 bits per heavy atom. The van der Waals surface area contributed by atoms with Crippen LogP contribution in [0.2, 0.25) is 0 Å². The van der Waals surface area contributed by atoms with Crippen LogP contribution < -0.4 is 0 Å². The Kier molecular flexibility index (Phi) is 5.35. The molecule has 0 heterocycles. The van der Waals surface area contributed by atoms with E-state index in [0.717, 1.165) is 5.56 Å². The highest BCUT2D eigenvalue weighted by atomic mass is 79.9. The summed E-state index contributed by atoms with van der Waals surface area (Å²) in [5, 5.41) is 0.543. The summed E-state index contributed by atoms with van der Waals surface area (Å²) in [5.41, 5.74) is 1.97. The lowest BCUT2D eigenvalue weighted by Crippen LogP contribution is -2.08. The average Bonchev–Trinajstić information content (AvgIpc) is 2.37.